The van der Waals surface area contributed by atoms with E-state index >= 15 is 0 Å². The summed E-state index contributed by atoms with van der Waals surface area (Å²) in [5, 5.41) is 3.33. The third-order valence-electron chi connectivity index (χ3n) is 3.04. The Hall–Kier alpha value is -1.26. The molecule has 0 aliphatic rings. The quantitative estimate of drug-likeness (QED) is 0.561. The van der Waals surface area contributed by atoms with Gasteiger partial charge in [0.15, 0.2) is 0 Å². The molecule has 5 heteroatoms. The largest absolute Gasteiger partial charge is 0.397 e. The van der Waals surface area contributed by atoms with Gasteiger partial charge in [0, 0.05) is 18.1 Å². The molecule has 1 aromatic carbocycles. The third kappa shape index (κ3) is 7.34. The number of nitrogens with one attached hydrogen (secondary N) is 1. The highest BCUT2D eigenvalue weighted by Gasteiger charge is 2.08. The predicted octanol–water partition coefficient (Wildman–Crippen LogP) is 4.09. The van der Waals surface area contributed by atoms with E-state index in [2.05, 4.69) is 26.1 Å². The van der Waals surface area contributed by atoms with Crippen LogP contribution in [0.15, 0.2) is 18.2 Å². The summed E-state index contributed by atoms with van der Waals surface area (Å²) < 4.78 is 5.67. The molecule has 0 saturated carbocycles. The second-order valence-corrected chi connectivity index (χ2v) is 6.13. The Balaban J connectivity index is 2.25. The van der Waals surface area contributed by atoms with Gasteiger partial charge in [0.2, 0.25) is 5.91 Å². The molecule has 0 heterocycles. The first kappa shape index (κ1) is 17.8. The number of anilines is 2. The molecule has 0 spiro atoms. The van der Waals surface area contributed by atoms with Gasteiger partial charge in [-0.2, -0.15) is 0 Å². The van der Waals surface area contributed by atoms with Crippen molar-refractivity contribution in [1.82, 2.24) is 0 Å². The van der Waals surface area contributed by atoms with Crippen molar-refractivity contribution in [3.8, 4) is 0 Å². The standard InChI is InChI=1S/C16H25ClN2O2/c1-11(2)9-12(3)21-8-4-5-16(20)19-15-7-6-13(17)10-14(15)18/h6-7,10-12H,4-5,8-9,18H2,1-3H3,(H,19,20). The van der Waals surface area contributed by atoms with Crippen molar-refractivity contribution in [3.05, 3.63) is 23.2 Å². The molecule has 1 amide bonds. The molecule has 1 unspecified atom stereocenters. The number of carbonyl (C=O) groups is 1. The molecule has 1 atom stereocenters. The van der Waals surface area contributed by atoms with Gasteiger partial charge in [0.1, 0.15) is 0 Å². The number of hydrogen-bond donors (Lipinski definition) is 2. The topological polar surface area (TPSA) is 64.3 Å². The van der Waals surface area contributed by atoms with E-state index in [0.29, 0.717) is 41.8 Å². The lowest BCUT2D eigenvalue weighted by atomic mass is 10.1. The highest BCUT2D eigenvalue weighted by atomic mass is 35.5. The minimum atomic E-state index is -0.0656. The Labute approximate surface area is 132 Å². The number of ether oxygens (including phenoxy) is 1. The van der Waals surface area contributed by atoms with E-state index < -0.39 is 0 Å². The monoisotopic (exact) mass is 312 g/mol. The number of carbonyl (C=O) groups excluding carboxylic acids is 1. The van der Waals surface area contributed by atoms with E-state index in [1.54, 1.807) is 18.2 Å². The molecule has 0 saturated heterocycles. The minimum absolute atomic E-state index is 0.0656. The second-order valence-electron chi connectivity index (χ2n) is 5.69. The lowest BCUT2D eigenvalue weighted by Crippen LogP contribution is -2.16. The molecule has 0 fully saturated rings. The van der Waals surface area contributed by atoms with Crippen molar-refractivity contribution >= 4 is 28.9 Å². The van der Waals surface area contributed by atoms with E-state index in [-0.39, 0.29) is 12.0 Å². The molecule has 1 aromatic rings. The molecule has 0 aliphatic heterocycles. The van der Waals surface area contributed by atoms with Crippen LogP contribution < -0.4 is 11.1 Å². The van der Waals surface area contributed by atoms with Gasteiger partial charge in [0.25, 0.3) is 0 Å². The molecular formula is C16H25ClN2O2. The number of benzene rings is 1. The van der Waals surface area contributed by atoms with Gasteiger partial charge in [-0.05, 0) is 43.9 Å². The summed E-state index contributed by atoms with van der Waals surface area (Å²) in [7, 11) is 0. The zero-order valence-electron chi connectivity index (χ0n) is 13.0. The molecule has 21 heavy (non-hydrogen) atoms. The fourth-order valence-corrected chi connectivity index (χ4v) is 2.29. The maximum atomic E-state index is 11.8. The summed E-state index contributed by atoms with van der Waals surface area (Å²) in [6.45, 7) is 7.00. The fraction of sp³-hybridized carbons (Fsp3) is 0.562. The average Bonchev–Trinajstić information content (AvgIpc) is 2.37. The predicted molar refractivity (Wildman–Crippen MR) is 88.6 cm³/mol. The van der Waals surface area contributed by atoms with Crippen LogP contribution in [-0.2, 0) is 9.53 Å². The van der Waals surface area contributed by atoms with Crippen LogP contribution in [0, 0.1) is 5.92 Å². The number of rotatable bonds is 8. The van der Waals surface area contributed by atoms with E-state index in [0.717, 1.165) is 6.42 Å². The lowest BCUT2D eigenvalue weighted by molar-refractivity contribution is -0.116. The number of hydrogen-bond acceptors (Lipinski definition) is 3. The van der Waals surface area contributed by atoms with Crippen molar-refractivity contribution in [2.24, 2.45) is 5.92 Å². The van der Waals surface area contributed by atoms with Gasteiger partial charge >= 0.3 is 0 Å². The number of nitrogens with two attached hydrogens (primary N) is 1. The lowest BCUT2D eigenvalue weighted by Gasteiger charge is -2.15. The van der Waals surface area contributed by atoms with E-state index in [1.807, 2.05) is 0 Å². The van der Waals surface area contributed by atoms with Crippen molar-refractivity contribution in [3.63, 3.8) is 0 Å². The average molecular weight is 313 g/mol. The normalized spacial score (nSPS) is 12.4. The summed E-state index contributed by atoms with van der Waals surface area (Å²) in [6, 6.07) is 5.02. The Morgan fingerprint density at radius 1 is 1.38 bits per heavy atom. The van der Waals surface area contributed by atoms with Crippen LogP contribution in [0.4, 0.5) is 11.4 Å². The fourth-order valence-electron chi connectivity index (χ4n) is 2.11. The Kier molecular flexibility index (Phi) is 7.54. The molecule has 1 rings (SSSR count). The highest BCUT2D eigenvalue weighted by Crippen LogP contribution is 2.22. The van der Waals surface area contributed by atoms with Crippen molar-refractivity contribution in [2.45, 2.75) is 46.1 Å². The highest BCUT2D eigenvalue weighted by molar-refractivity contribution is 6.31. The summed E-state index contributed by atoms with van der Waals surface area (Å²) in [6.07, 6.45) is 2.38. The van der Waals surface area contributed by atoms with E-state index in [1.165, 1.54) is 0 Å². The smallest absolute Gasteiger partial charge is 0.224 e. The Morgan fingerprint density at radius 2 is 2.10 bits per heavy atom. The van der Waals surface area contributed by atoms with Crippen LogP contribution in [0.2, 0.25) is 5.02 Å². The molecule has 0 aromatic heterocycles. The molecule has 118 valence electrons. The number of amides is 1. The maximum Gasteiger partial charge on any atom is 0.224 e. The van der Waals surface area contributed by atoms with Gasteiger partial charge in [-0.1, -0.05) is 25.4 Å². The summed E-state index contributed by atoms with van der Waals surface area (Å²) in [4.78, 5) is 11.8. The molecule has 4 nitrogen and oxygen atoms in total. The molecule has 0 bridgehead atoms. The molecule has 3 N–H and O–H groups in total. The second kappa shape index (κ2) is 8.90. The first-order chi connectivity index (χ1) is 9.88. The van der Waals surface area contributed by atoms with Gasteiger partial charge in [0.05, 0.1) is 17.5 Å². The van der Waals surface area contributed by atoms with Gasteiger partial charge in [-0.3, -0.25) is 4.79 Å². The van der Waals surface area contributed by atoms with Crippen LogP contribution in [0.1, 0.15) is 40.0 Å². The molecule has 0 radical (unpaired) electrons. The molecular weight excluding hydrogens is 288 g/mol. The van der Waals surface area contributed by atoms with Crippen molar-refractivity contribution in [1.29, 1.82) is 0 Å². The maximum absolute atomic E-state index is 11.8. The zero-order valence-corrected chi connectivity index (χ0v) is 13.7. The van der Waals surface area contributed by atoms with Gasteiger partial charge in [-0.15, -0.1) is 0 Å². The van der Waals surface area contributed by atoms with Gasteiger partial charge < -0.3 is 15.8 Å². The number of halogens is 1. The zero-order chi connectivity index (χ0) is 15.8. The SMILES string of the molecule is CC(C)CC(C)OCCCC(=O)Nc1ccc(Cl)cc1N. The van der Waals surface area contributed by atoms with Crippen molar-refractivity contribution in [2.75, 3.05) is 17.7 Å². The van der Waals surface area contributed by atoms with Crippen LogP contribution in [0.25, 0.3) is 0 Å². The summed E-state index contributed by atoms with van der Waals surface area (Å²) >= 11 is 5.81. The Morgan fingerprint density at radius 3 is 2.71 bits per heavy atom. The first-order valence-corrected chi connectivity index (χ1v) is 7.72. The van der Waals surface area contributed by atoms with Crippen molar-refractivity contribution < 1.29 is 9.53 Å². The number of nitrogen functional groups attached to an aromatic ring is 1. The molecule has 0 aliphatic carbocycles. The van der Waals surface area contributed by atoms with E-state index in [9.17, 15) is 4.79 Å². The van der Waals surface area contributed by atoms with Crippen LogP contribution >= 0.6 is 11.6 Å². The van der Waals surface area contributed by atoms with Crippen LogP contribution in [0.3, 0.4) is 0 Å². The first-order valence-electron chi connectivity index (χ1n) is 7.35. The third-order valence-corrected chi connectivity index (χ3v) is 3.28. The van der Waals surface area contributed by atoms with Crippen LogP contribution in [0.5, 0.6) is 0 Å². The summed E-state index contributed by atoms with van der Waals surface area (Å²) in [5.41, 5.74) is 6.85. The summed E-state index contributed by atoms with van der Waals surface area (Å²) in [5.74, 6) is 0.556. The van der Waals surface area contributed by atoms with E-state index in [4.69, 9.17) is 22.1 Å². The minimum Gasteiger partial charge on any atom is -0.397 e. The van der Waals surface area contributed by atoms with Gasteiger partial charge in [-0.25, -0.2) is 0 Å². The van der Waals surface area contributed by atoms with Crippen LogP contribution in [-0.4, -0.2) is 18.6 Å². The Bertz CT molecular complexity index is 464.